The third-order valence-electron chi connectivity index (χ3n) is 5.22. The van der Waals surface area contributed by atoms with Gasteiger partial charge in [-0.1, -0.05) is 25.6 Å². The fourth-order valence-electron chi connectivity index (χ4n) is 3.61. The summed E-state index contributed by atoms with van der Waals surface area (Å²) in [5.74, 6) is 2.18. The summed E-state index contributed by atoms with van der Waals surface area (Å²) in [5.41, 5.74) is 1.39. The lowest BCUT2D eigenvalue weighted by atomic mass is 9.90. The molecule has 0 aromatic carbocycles. The largest absolute Gasteiger partial charge is 0.369 e. The van der Waals surface area contributed by atoms with Gasteiger partial charge in [-0.15, -0.1) is 11.3 Å². The summed E-state index contributed by atoms with van der Waals surface area (Å²) in [7, 11) is 0. The highest BCUT2D eigenvalue weighted by Gasteiger charge is 2.34. The van der Waals surface area contributed by atoms with E-state index < -0.39 is 0 Å². The second kappa shape index (κ2) is 6.46. The van der Waals surface area contributed by atoms with Gasteiger partial charge in [0.2, 0.25) is 0 Å². The van der Waals surface area contributed by atoms with E-state index >= 15 is 0 Å². The van der Waals surface area contributed by atoms with E-state index in [4.69, 9.17) is 14.7 Å². The first kappa shape index (κ1) is 16.6. The molecule has 6 heteroatoms. The smallest absolute Gasteiger partial charge is 0.190 e. The summed E-state index contributed by atoms with van der Waals surface area (Å²) in [6.45, 7) is 9.57. The molecule has 4 nitrogen and oxygen atoms in total. The quantitative estimate of drug-likeness (QED) is 0.584. The fraction of sp³-hybridized carbons (Fsp3) is 0.667. The number of aromatic nitrogens is 2. The second-order valence-electron chi connectivity index (χ2n) is 6.91. The number of nitrogens with zero attached hydrogens (tertiary/aromatic N) is 3. The van der Waals surface area contributed by atoms with Crippen molar-refractivity contribution in [3.63, 3.8) is 0 Å². The molecular formula is C18H25N3OS2. The lowest BCUT2D eigenvalue weighted by molar-refractivity contribution is -0.0542. The number of fused-ring (bicyclic) bond motifs is 3. The molecular weight excluding hydrogens is 338 g/mol. The van der Waals surface area contributed by atoms with Crippen molar-refractivity contribution in [2.24, 2.45) is 0 Å². The first-order valence-electron chi connectivity index (χ1n) is 8.97. The number of ether oxygens (including phenoxy) is 1. The van der Waals surface area contributed by atoms with Crippen LogP contribution in [0.4, 0.5) is 5.82 Å². The third kappa shape index (κ3) is 2.82. The highest BCUT2D eigenvalue weighted by atomic mass is 32.2. The Labute approximate surface area is 152 Å². The Bertz CT molecular complexity index is 754. The summed E-state index contributed by atoms with van der Waals surface area (Å²) < 4.78 is 6.16. The predicted molar refractivity (Wildman–Crippen MR) is 102 cm³/mol. The van der Waals surface area contributed by atoms with Gasteiger partial charge in [-0.3, -0.25) is 0 Å². The molecule has 0 N–H and O–H groups in total. The van der Waals surface area contributed by atoms with Crippen LogP contribution in [0.3, 0.4) is 0 Å². The number of hydrogen-bond donors (Lipinski definition) is 0. The van der Waals surface area contributed by atoms with Gasteiger partial charge >= 0.3 is 0 Å². The van der Waals surface area contributed by atoms with Crippen LogP contribution in [0.2, 0.25) is 0 Å². The molecule has 4 heterocycles. The minimum Gasteiger partial charge on any atom is -0.369 e. The summed E-state index contributed by atoms with van der Waals surface area (Å²) in [6, 6.07) is 0. The Balaban J connectivity index is 1.88. The van der Waals surface area contributed by atoms with Crippen molar-refractivity contribution in [1.29, 1.82) is 0 Å². The van der Waals surface area contributed by atoms with Gasteiger partial charge < -0.3 is 9.64 Å². The Kier molecular flexibility index (Phi) is 4.47. The van der Waals surface area contributed by atoms with Gasteiger partial charge in [0.15, 0.2) is 5.16 Å². The van der Waals surface area contributed by atoms with Gasteiger partial charge in [0.1, 0.15) is 10.6 Å². The highest BCUT2D eigenvalue weighted by molar-refractivity contribution is 7.99. The van der Waals surface area contributed by atoms with E-state index in [9.17, 15) is 0 Å². The van der Waals surface area contributed by atoms with Crippen LogP contribution in [-0.4, -0.2) is 34.4 Å². The second-order valence-corrected chi connectivity index (χ2v) is 9.22. The highest BCUT2D eigenvalue weighted by Crippen LogP contribution is 2.43. The maximum Gasteiger partial charge on any atom is 0.190 e. The Morgan fingerprint density at radius 2 is 2.04 bits per heavy atom. The Morgan fingerprint density at radius 1 is 1.25 bits per heavy atom. The van der Waals surface area contributed by atoms with Crippen LogP contribution in [0.1, 0.15) is 50.5 Å². The maximum atomic E-state index is 6.16. The van der Waals surface area contributed by atoms with Crippen molar-refractivity contribution >= 4 is 39.1 Å². The van der Waals surface area contributed by atoms with Gasteiger partial charge in [0, 0.05) is 24.4 Å². The minimum atomic E-state index is -0.0554. The van der Waals surface area contributed by atoms with E-state index in [1.165, 1.54) is 34.5 Å². The topological polar surface area (TPSA) is 38.2 Å². The molecule has 0 radical (unpaired) electrons. The minimum absolute atomic E-state index is 0.0554. The van der Waals surface area contributed by atoms with Crippen LogP contribution in [-0.2, 0) is 17.8 Å². The molecule has 2 aromatic heterocycles. The average Bonchev–Trinajstić information content (AvgIpc) is 3.22. The van der Waals surface area contributed by atoms with Gasteiger partial charge in [-0.05, 0) is 37.5 Å². The molecule has 0 spiro atoms. The average molecular weight is 364 g/mol. The van der Waals surface area contributed by atoms with Crippen molar-refractivity contribution in [3.05, 3.63) is 10.4 Å². The summed E-state index contributed by atoms with van der Waals surface area (Å²) in [4.78, 5) is 14.8. The molecule has 0 saturated carbocycles. The molecule has 0 amide bonds. The fourth-order valence-corrected chi connectivity index (χ4v) is 5.33. The van der Waals surface area contributed by atoms with Crippen molar-refractivity contribution in [1.82, 2.24) is 9.97 Å². The molecule has 130 valence electrons. The van der Waals surface area contributed by atoms with Gasteiger partial charge in [-0.25, -0.2) is 9.97 Å². The predicted octanol–water partition coefficient (Wildman–Crippen LogP) is 4.64. The van der Waals surface area contributed by atoms with Crippen LogP contribution >= 0.6 is 23.1 Å². The zero-order chi connectivity index (χ0) is 16.7. The molecule has 0 bridgehead atoms. The molecule has 2 aromatic rings. The van der Waals surface area contributed by atoms with Crippen molar-refractivity contribution in [3.8, 4) is 0 Å². The molecule has 2 aliphatic rings. The SMILES string of the molecule is CCSc1nc(N2CCCC2)c2c3c(sc2n1)CO[C@](C)(CC)C3. The lowest BCUT2D eigenvalue weighted by Crippen LogP contribution is -2.34. The number of rotatable bonds is 4. The Hall–Kier alpha value is -0.850. The molecule has 4 rings (SSSR count). The molecule has 0 aliphatic carbocycles. The molecule has 1 fully saturated rings. The van der Waals surface area contributed by atoms with Crippen molar-refractivity contribution in [2.45, 2.75) is 63.8 Å². The van der Waals surface area contributed by atoms with Crippen molar-refractivity contribution < 1.29 is 4.74 Å². The first-order valence-corrected chi connectivity index (χ1v) is 10.8. The van der Waals surface area contributed by atoms with E-state index in [2.05, 4.69) is 25.7 Å². The normalized spacial score (nSPS) is 23.9. The third-order valence-corrected chi connectivity index (χ3v) is 7.05. The Morgan fingerprint density at radius 3 is 2.75 bits per heavy atom. The summed E-state index contributed by atoms with van der Waals surface area (Å²) in [5, 5.41) is 2.23. The van der Waals surface area contributed by atoms with Crippen LogP contribution in [0, 0.1) is 0 Å². The number of thiophene rings is 1. The van der Waals surface area contributed by atoms with Crippen molar-refractivity contribution in [2.75, 3.05) is 23.7 Å². The molecule has 24 heavy (non-hydrogen) atoms. The standard InChI is InChI=1S/C18H25N3OS2/c1-4-18(3)10-12-13(11-22-18)24-16-14(12)15(21-8-6-7-9-21)19-17(20-16)23-5-2/h4-11H2,1-3H3/t18-/m1/s1. The summed E-state index contributed by atoms with van der Waals surface area (Å²) >= 11 is 3.55. The first-order chi connectivity index (χ1) is 11.6. The van der Waals surface area contributed by atoms with Crippen LogP contribution in [0.15, 0.2) is 5.16 Å². The van der Waals surface area contributed by atoms with Gasteiger partial charge in [0.25, 0.3) is 0 Å². The van der Waals surface area contributed by atoms with E-state index in [1.54, 1.807) is 11.8 Å². The van der Waals surface area contributed by atoms with Crippen LogP contribution in [0.25, 0.3) is 10.2 Å². The summed E-state index contributed by atoms with van der Waals surface area (Å²) in [6.07, 6.45) is 4.55. The molecule has 2 aliphatic heterocycles. The van der Waals surface area contributed by atoms with E-state index in [-0.39, 0.29) is 5.60 Å². The lowest BCUT2D eigenvalue weighted by Gasteiger charge is -2.33. The molecule has 1 atom stereocenters. The number of anilines is 1. The van der Waals surface area contributed by atoms with Crippen LogP contribution in [0.5, 0.6) is 0 Å². The maximum absolute atomic E-state index is 6.16. The molecule has 1 saturated heterocycles. The van der Waals surface area contributed by atoms with E-state index in [1.807, 2.05) is 11.3 Å². The van der Waals surface area contributed by atoms with Gasteiger partial charge in [-0.2, -0.15) is 0 Å². The van der Waals surface area contributed by atoms with E-state index in [0.29, 0.717) is 0 Å². The zero-order valence-electron chi connectivity index (χ0n) is 14.7. The number of thioether (sulfide) groups is 1. The van der Waals surface area contributed by atoms with Gasteiger partial charge in [0.05, 0.1) is 17.6 Å². The molecule has 0 unspecified atom stereocenters. The monoisotopic (exact) mass is 363 g/mol. The van der Waals surface area contributed by atoms with Crippen LogP contribution < -0.4 is 4.90 Å². The number of hydrogen-bond acceptors (Lipinski definition) is 6. The van der Waals surface area contributed by atoms with E-state index in [0.717, 1.165) is 48.3 Å². The zero-order valence-corrected chi connectivity index (χ0v) is 16.4.